The van der Waals surface area contributed by atoms with Crippen molar-refractivity contribution in [2.45, 2.75) is 50.2 Å². The molecule has 6 nitrogen and oxygen atoms in total. The van der Waals surface area contributed by atoms with Crippen molar-refractivity contribution in [1.29, 1.82) is 0 Å². The molecule has 1 aliphatic rings. The van der Waals surface area contributed by atoms with Crippen LogP contribution in [0.15, 0.2) is 30.5 Å². The molecule has 1 saturated carbocycles. The van der Waals surface area contributed by atoms with Crippen LogP contribution in [-0.4, -0.2) is 37.1 Å². The highest BCUT2D eigenvalue weighted by Crippen LogP contribution is 2.41. The van der Waals surface area contributed by atoms with E-state index in [2.05, 4.69) is 20.6 Å². The number of aliphatic hydroxyl groups is 1. The molecule has 4 rings (SSSR count). The Balaban J connectivity index is 1.80. The van der Waals surface area contributed by atoms with Crippen molar-refractivity contribution in [3.05, 3.63) is 41.6 Å². The highest BCUT2D eigenvalue weighted by Gasteiger charge is 2.39. The average Bonchev–Trinajstić information content (AvgIpc) is 3.18. The summed E-state index contributed by atoms with van der Waals surface area (Å²) in [6.45, 7) is 0. The van der Waals surface area contributed by atoms with Crippen LogP contribution >= 0.6 is 0 Å². The Kier molecular flexibility index (Phi) is 5.28. The third kappa shape index (κ3) is 4.16. The van der Waals surface area contributed by atoms with Crippen LogP contribution in [0.2, 0.25) is 0 Å². The monoisotopic (exact) mass is 445 g/mol. The molecule has 2 atom stereocenters. The van der Waals surface area contributed by atoms with E-state index >= 15 is 0 Å². The third-order valence-corrected chi connectivity index (χ3v) is 5.28. The molecule has 0 bridgehead atoms. The van der Waals surface area contributed by atoms with E-state index in [-0.39, 0.29) is 29.3 Å². The van der Waals surface area contributed by atoms with Crippen LogP contribution in [0.5, 0.6) is 0 Å². The molecule has 166 valence electrons. The second-order valence-electron chi connectivity index (χ2n) is 7.36. The van der Waals surface area contributed by atoms with Gasteiger partial charge in [0.05, 0.1) is 35.0 Å². The molecule has 31 heavy (non-hydrogen) atoms. The molecule has 0 radical (unpaired) electrons. The van der Waals surface area contributed by atoms with Crippen LogP contribution in [0.1, 0.15) is 36.8 Å². The quantitative estimate of drug-likeness (QED) is 0.579. The summed E-state index contributed by atoms with van der Waals surface area (Å²) in [6.07, 6.45) is -6.22. The topological polar surface area (TPSA) is 75.3 Å². The molecular weight excluding hydrogens is 428 g/mol. The molecule has 0 unspecified atom stereocenters. The van der Waals surface area contributed by atoms with Gasteiger partial charge in [0, 0.05) is 5.56 Å². The van der Waals surface area contributed by atoms with Gasteiger partial charge < -0.3 is 10.4 Å². The number of rotatable bonds is 3. The number of aromatic nitrogens is 4. The van der Waals surface area contributed by atoms with Gasteiger partial charge in [0.15, 0.2) is 0 Å². The maximum atomic E-state index is 13.6. The largest absolute Gasteiger partial charge is 0.417 e. The van der Waals surface area contributed by atoms with Gasteiger partial charge in [-0.2, -0.15) is 36.0 Å². The highest BCUT2D eigenvalue weighted by atomic mass is 19.4. The highest BCUT2D eigenvalue weighted by molar-refractivity contribution is 5.79. The van der Waals surface area contributed by atoms with E-state index < -0.39 is 35.1 Å². The van der Waals surface area contributed by atoms with Crippen LogP contribution < -0.4 is 5.32 Å². The summed E-state index contributed by atoms with van der Waals surface area (Å²) in [5.74, 6) is 0.121. The minimum atomic E-state index is -5.04. The first-order chi connectivity index (χ1) is 14.6. The Hall–Kier alpha value is -2.89. The average molecular weight is 445 g/mol. The Bertz CT molecular complexity index is 1090. The van der Waals surface area contributed by atoms with E-state index in [0.717, 1.165) is 18.9 Å². The van der Waals surface area contributed by atoms with E-state index in [4.69, 9.17) is 0 Å². The van der Waals surface area contributed by atoms with Gasteiger partial charge in [-0.25, -0.2) is 0 Å². The number of nitrogens with one attached hydrogen (secondary N) is 1. The Labute approximate surface area is 171 Å². The second-order valence-corrected chi connectivity index (χ2v) is 7.36. The zero-order valence-corrected chi connectivity index (χ0v) is 15.9. The molecule has 2 heterocycles. The molecule has 2 aromatic heterocycles. The molecule has 2 N–H and O–H groups in total. The fraction of sp³-hybridized carbons (Fsp3) is 0.421. The van der Waals surface area contributed by atoms with Crippen LogP contribution in [0, 0.1) is 0 Å². The summed E-state index contributed by atoms with van der Waals surface area (Å²) < 4.78 is 80.9. The minimum absolute atomic E-state index is 0.0639. The van der Waals surface area contributed by atoms with Crippen molar-refractivity contribution in [3.63, 3.8) is 0 Å². The van der Waals surface area contributed by atoms with Crippen LogP contribution in [0.3, 0.4) is 0 Å². The van der Waals surface area contributed by atoms with E-state index in [0.29, 0.717) is 18.9 Å². The van der Waals surface area contributed by atoms with Crippen molar-refractivity contribution >= 4 is 11.5 Å². The summed E-state index contributed by atoms with van der Waals surface area (Å²) in [5.41, 5.74) is -3.54. The number of nitrogens with zero attached hydrogens (tertiary/aromatic N) is 4. The number of halogens is 6. The lowest BCUT2D eigenvalue weighted by atomic mass is 9.93. The second kappa shape index (κ2) is 7.66. The SMILES string of the molecule is O[C@@H]1CCCC[C@H]1Nc1nnc(-c2ccc(C(F)(F)F)cc2C(F)(F)F)c2ccnn12. The molecule has 3 aromatic rings. The zero-order chi connectivity index (χ0) is 22.4. The number of anilines is 1. The van der Waals surface area contributed by atoms with Gasteiger partial charge in [0.25, 0.3) is 0 Å². The van der Waals surface area contributed by atoms with Crippen molar-refractivity contribution in [1.82, 2.24) is 19.8 Å². The van der Waals surface area contributed by atoms with Gasteiger partial charge >= 0.3 is 12.4 Å². The van der Waals surface area contributed by atoms with Gasteiger partial charge in [0.2, 0.25) is 5.95 Å². The lowest BCUT2D eigenvalue weighted by molar-refractivity contribution is -0.142. The van der Waals surface area contributed by atoms with Crippen LogP contribution in [-0.2, 0) is 12.4 Å². The van der Waals surface area contributed by atoms with Crippen LogP contribution in [0.25, 0.3) is 16.8 Å². The summed E-state index contributed by atoms with van der Waals surface area (Å²) in [7, 11) is 0. The zero-order valence-electron chi connectivity index (χ0n) is 15.9. The predicted molar refractivity (Wildman–Crippen MR) is 98.1 cm³/mol. The number of benzene rings is 1. The maximum Gasteiger partial charge on any atom is 0.417 e. The van der Waals surface area contributed by atoms with Crippen molar-refractivity contribution < 1.29 is 31.4 Å². The number of fused-ring (bicyclic) bond motifs is 1. The van der Waals surface area contributed by atoms with Gasteiger partial charge in [-0.15, -0.1) is 10.2 Å². The van der Waals surface area contributed by atoms with E-state index in [9.17, 15) is 31.4 Å². The van der Waals surface area contributed by atoms with Crippen molar-refractivity contribution in [2.24, 2.45) is 0 Å². The van der Waals surface area contributed by atoms with E-state index in [1.165, 1.54) is 16.8 Å². The smallest absolute Gasteiger partial charge is 0.391 e. The first kappa shape index (κ1) is 21.3. The van der Waals surface area contributed by atoms with Crippen molar-refractivity contribution in [2.75, 3.05) is 5.32 Å². The van der Waals surface area contributed by atoms with Gasteiger partial charge in [-0.3, -0.25) is 0 Å². The van der Waals surface area contributed by atoms with Crippen molar-refractivity contribution in [3.8, 4) is 11.3 Å². The number of alkyl halides is 6. The fourth-order valence-corrected chi connectivity index (χ4v) is 3.73. The summed E-state index contributed by atoms with van der Waals surface area (Å²) in [5, 5.41) is 25.0. The molecule has 1 aliphatic carbocycles. The molecule has 0 amide bonds. The van der Waals surface area contributed by atoms with Gasteiger partial charge in [-0.05, 0) is 31.0 Å². The summed E-state index contributed by atoms with van der Waals surface area (Å²) >= 11 is 0. The summed E-state index contributed by atoms with van der Waals surface area (Å²) in [4.78, 5) is 0. The molecular formula is C19H17F6N5O. The Morgan fingerprint density at radius 1 is 0.968 bits per heavy atom. The first-order valence-electron chi connectivity index (χ1n) is 9.49. The lowest BCUT2D eigenvalue weighted by Crippen LogP contribution is -2.37. The number of hydrogen-bond donors (Lipinski definition) is 2. The first-order valence-corrected chi connectivity index (χ1v) is 9.49. The lowest BCUT2D eigenvalue weighted by Gasteiger charge is -2.28. The third-order valence-electron chi connectivity index (χ3n) is 5.28. The molecule has 1 aromatic carbocycles. The Morgan fingerprint density at radius 2 is 1.71 bits per heavy atom. The molecule has 1 fully saturated rings. The minimum Gasteiger partial charge on any atom is -0.391 e. The van der Waals surface area contributed by atoms with Gasteiger partial charge in [-0.1, -0.05) is 18.9 Å². The molecule has 12 heteroatoms. The van der Waals surface area contributed by atoms with Gasteiger partial charge in [0.1, 0.15) is 5.69 Å². The molecule has 0 aliphatic heterocycles. The molecule has 0 saturated heterocycles. The predicted octanol–water partition coefficient (Wildman–Crippen LogP) is 4.54. The number of aliphatic hydroxyl groups excluding tert-OH is 1. The fourth-order valence-electron chi connectivity index (χ4n) is 3.73. The van der Waals surface area contributed by atoms with Crippen LogP contribution in [0.4, 0.5) is 32.3 Å². The summed E-state index contributed by atoms with van der Waals surface area (Å²) in [6, 6.07) is 2.45. The van der Waals surface area contributed by atoms with E-state index in [1.807, 2.05) is 0 Å². The Morgan fingerprint density at radius 3 is 2.39 bits per heavy atom. The van der Waals surface area contributed by atoms with E-state index in [1.54, 1.807) is 0 Å². The maximum absolute atomic E-state index is 13.6. The normalized spacial score (nSPS) is 20.2. The standard InChI is InChI=1S/C19H17F6N5O/c20-18(21,22)10-5-6-11(12(9-10)19(23,24)25)16-14-7-8-26-30(14)17(29-28-16)27-13-3-1-2-4-15(13)31/h5-9,13,15,31H,1-4H2,(H,27,29)/t13-,15-/m1/s1. The number of hydrogen-bond acceptors (Lipinski definition) is 5. The molecule has 0 spiro atoms.